The lowest BCUT2D eigenvalue weighted by Gasteiger charge is -2.05. The standard InChI is InChI=1S/C26H20BrFO2/c27-19-9-5-17(6-10-19)25(29)23-13-21(23)15-1-3-16(4-2-15)22-14-24(22)26(30)18-7-11-20(28)12-8-18/h1-12,21-24H,13-14H2. The fraction of sp³-hybridized carbons (Fsp3) is 0.231. The van der Waals surface area contributed by atoms with Crippen LogP contribution >= 0.6 is 15.9 Å². The minimum atomic E-state index is -0.327. The second-order valence-corrected chi connectivity index (χ2v) is 9.22. The minimum Gasteiger partial charge on any atom is -0.294 e. The number of halogens is 2. The van der Waals surface area contributed by atoms with Gasteiger partial charge in [-0.25, -0.2) is 4.39 Å². The van der Waals surface area contributed by atoms with E-state index in [1.54, 1.807) is 12.1 Å². The molecule has 0 aliphatic heterocycles. The maximum Gasteiger partial charge on any atom is 0.166 e. The van der Waals surface area contributed by atoms with Gasteiger partial charge in [0, 0.05) is 27.4 Å². The first-order chi connectivity index (χ1) is 14.5. The summed E-state index contributed by atoms with van der Waals surface area (Å²) in [5.74, 6) is 0.531. The molecule has 2 saturated carbocycles. The van der Waals surface area contributed by atoms with E-state index >= 15 is 0 Å². The molecular weight excluding hydrogens is 443 g/mol. The normalized spacial score (nSPS) is 24.3. The van der Waals surface area contributed by atoms with Crippen molar-refractivity contribution in [2.24, 2.45) is 11.8 Å². The average molecular weight is 463 g/mol. The van der Waals surface area contributed by atoms with Crippen molar-refractivity contribution in [2.75, 3.05) is 0 Å². The molecule has 3 aromatic rings. The van der Waals surface area contributed by atoms with E-state index in [2.05, 4.69) is 40.2 Å². The van der Waals surface area contributed by atoms with E-state index in [4.69, 9.17) is 0 Å². The first-order valence-electron chi connectivity index (χ1n) is 10.2. The number of hydrogen-bond donors (Lipinski definition) is 0. The zero-order valence-electron chi connectivity index (χ0n) is 16.2. The molecule has 4 atom stereocenters. The summed E-state index contributed by atoms with van der Waals surface area (Å²) in [4.78, 5) is 25.3. The molecule has 0 saturated heterocycles. The monoisotopic (exact) mass is 462 g/mol. The third-order valence-electron chi connectivity index (χ3n) is 6.30. The molecule has 0 aromatic heterocycles. The Morgan fingerprint density at radius 3 is 1.50 bits per heavy atom. The zero-order valence-corrected chi connectivity index (χ0v) is 17.8. The van der Waals surface area contributed by atoms with Crippen LogP contribution in [0.25, 0.3) is 0 Å². The van der Waals surface area contributed by atoms with E-state index in [-0.39, 0.29) is 41.1 Å². The van der Waals surface area contributed by atoms with Crippen LogP contribution in [0, 0.1) is 17.7 Å². The van der Waals surface area contributed by atoms with Gasteiger partial charge in [0.05, 0.1) is 0 Å². The molecule has 2 nitrogen and oxygen atoms in total. The smallest absolute Gasteiger partial charge is 0.166 e. The van der Waals surface area contributed by atoms with Crippen LogP contribution in [0.3, 0.4) is 0 Å². The summed E-state index contributed by atoms with van der Waals surface area (Å²) >= 11 is 3.40. The highest BCUT2D eigenvalue weighted by Gasteiger charge is 2.46. The second-order valence-electron chi connectivity index (χ2n) is 8.31. The highest BCUT2D eigenvalue weighted by Crippen LogP contribution is 2.52. The van der Waals surface area contributed by atoms with Crippen LogP contribution in [0.5, 0.6) is 0 Å². The van der Waals surface area contributed by atoms with Crippen molar-refractivity contribution in [3.63, 3.8) is 0 Å². The first-order valence-corrected chi connectivity index (χ1v) is 11.0. The lowest BCUT2D eigenvalue weighted by atomic mass is 9.99. The molecule has 3 aromatic carbocycles. The fourth-order valence-electron chi connectivity index (χ4n) is 4.35. The molecule has 2 aliphatic carbocycles. The Hall–Kier alpha value is -2.59. The van der Waals surface area contributed by atoms with Crippen LogP contribution in [0.4, 0.5) is 4.39 Å². The van der Waals surface area contributed by atoms with Gasteiger partial charge in [0.2, 0.25) is 0 Å². The molecule has 0 spiro atoms. The lowest BCUT2D eigenvalue weighted by Crippen LogP contribution is -2.03. The number of carbonyl (C=O) groups excluding carboxylic acids is 2. The summed E-state index contributed by atoms with van der Waals surface area (Å²) in [6.45, 7) is 0. The highest BCUT2D eigenvalue weighted by atomic mass is 79.9. The van der Waals surface area contributed by atoms with E-state index in [0.29, 0.717) is 5.56 Å². The Morgan fingerprint density at radius 2 is 1.07 bits per heavy atom. The molecule has 4 heteroatoms. The Bertz CT molecular complexity index is 1010. The van der Waals surface area contributed by atoms with E-state index in [1.165, 1.54) is 17.7 Å². The van der Waals surface area contributed by atoms with Crippen molar-refractivity contribution < 1.29 is 14.0 Å². The molecule has 0 bridgehead atoms. The van der Waals surface area contributed by atoms with E-state index in [9.17, 15) is 14.0 Å². The van der Waals surface area contributed by atoms with Crippen LogP contribution in [-0.4, -0.2) is 11.6 Å². The predicted molar refractivity (Wildman–Crippen MR) is 117 cm³/mol. The zero-order chi connectivity index (χ0) is 20.8. The fourth-order valence-corrected chi connectivity index (χ4v) is 4.62. The second kappa shape index (κ2) is 7.59. The predicted octanol–water partition coefficient (Wildman–Crippen LogP) is 6.56. The summed E-state index contributed by atoms with van der Waals surface area (Å²) in [6, 6.07) is 21.7. The van der Waals surface area contributed by atoms with E-state index in [0.717, 1.165) is 28.4 Å². The highest BCUT2D eigenvalue weighted by molar-refractivity contribution is 9.10. The van der Waals surface area contributed by atoms with Crippen LogP contribution in [0.15, 0.2) is 77.3 Å². The largest absolute Gasteiger partial charge is 0.294 e. The van der Waals surface area contributed by atoms with Crippen LogP contribution < -0.4 is 0 Å². The average Bonchev–Trinajstić information content (AvgIpc) is 3.68. The van der Waals surface area contributed by atoms with Gasteiger partial charge in [0.1, 0.15) is 5.82 Å². The lowest BCUT2D eigenvalue weighted by molar-refractivity contribution is 0.0957. The number of rotatable bonds is 6. The van der Waals surface area contributed by atoms with Gasteiger partial charge >= 0.3 is 0 Å². The number of ketones is 2. The minimum absolute atomic E-state index is 0.0195. The van der Waals surface area contributed by atoms with Crippen LogP contribution in [0.2, 0.25) is 0 Å². The van der Waals surface area contributed by atoms with Gasteiger partial charge < -0.3 is 0 Å². The summed E-state index contributed by atoms with van der Waals surface area (Å²) in [6.07, 6.45) is 1.73. The molecular formula is C26H20BrFO2. The quantitative estimate of drug-likeness (QED) is 0.388. The van der Waals surface area contributed by atoms with Gasteiger partial charge in [0.25, 0.3) is 0 Å². The maximum atomic E-state index is 13.1. The SMILES string of the molecule is O=C(c1ccc(F)cc1)C1CC1c1ccc(C2CC2C(=O)c2ccc(Br)cc2)cc1. The molecule has 30 heavy (non-hydrogen) atoms. The molecule has 5 rings (SSSR count). The third-order valence-corrected chi connectivity index (χ3v) is 6.83. The Morgan fingerprint density at radius 1 is 0.667 bits per heavy atom. The van der Waals surface area contributed by atoms with Gasteiger partial charge in [0.15, 0.2) is 11.6 Å². The van der Waals surface area contributed by atoms with Crippen molar-refractivity contribution in [3.05, 3.63) is 105 Å². The summed E-state index contributed by atoms with van der Waals surface area (Å²) in [5, 5.41) is 0. The maximum absolute atomic E-state index is 13.1. The van der Waals surface area contributed by atoms with E-state index in [1.807, 2.05) is 24.3 Å². The van der Waals surface area contributed by atoms with Crippen molar-refractivity contribution in [1.29, 1.82) is 0 Å². The summed E-state index contributed by atoms with van der Waals surface area (Å²) in [7, 11) is 0. The third kappa shape index (κ3) is 3.77. The molecule has 0 radical (unpaired) electrons. The molecule has 0 N–H and O–H groups in total. The van der Waals surface area contributed by atoms with Crippen LogP contribution in [-0.2, 0) is 0 Å². The Labute approximate surface area is 183 Å². The Balaban J connectivity index is 1.22. The Kier molecular flexibility index (Phi) is 4.90. The van der Waals surface area contributed by atoms with Crippen molar-refractivity contribution in [3.8, 4) is 0 Å². The van der Waals surface area contributed by atoms with Crippen molar-refractivity contribution in [1.82, 2.24) is 0 Å². The number of carbonyl (C=O) groups is 2. The first kappa shape index (κ1) is 19.4. The summed E-state index contributed by atoms with van der Waals surface area (Å²) in [5.41, 5.74) is 3.70. The number of Topliss-reactive ketones (excluding diaryl/α,β-unsaturated/α-hetero) is 2. The molecule has 0 heterocycles. The van der Waals surface area contributed by atoms with Gasteiger partial charge in [-0.3, -0.25) is 9.59 Å². The van der Waals surface area contributed by atoms with Crippen LogP contribution in [0.1, 0.15) is 56.5 Å². The number of hydrogen-bond acceptors (Lipinski definition) is 2. The van der Waals surface area contributed by atoms with Gasteiger partial charge in [-0.15, -0.1) is 0 Å². The van der Waals surface area contributed by atoms with Gasteiger partial charge in [-0.05, 0) is 72.2 Å². The molecule has 2 aliphatic rings. The molecule has 150 valence electrons. The molecule has 2 fully saturated rings. The topological polar surface area (TPSA) is 34.1 Å². The number of benzene rings is 3. The summed E-state index contributed by atoms with van der Waals surface area (Å²) < 4.78 is 14.0. The van der Waals surface area contributed by atoms with Crippen molar-refractivity contribution >= 4 is 27.5 Å². The van der Waals surface area contributed by atoms with Gasteiger partial charge in [-0.2, -0.15) is 0 Å². The van der Waals surface area contributed by atoms with E-state index < -0.39 is 0 Å². The van der Waals surface area contributed by atoms with Crippen molar-refractivity contribution in [2.45, 2.75) is 24.7 Å². The van der Waals surface area contributed by atoms with Gasteiger partial charge in [-0.1, -0.05) is 52.3 Å². The molecule has 4 unspecified atom stereocenters. The molecule has 0 amide bonds.